The summed E-state index contributed by atoms with van der Waals surface area (Å²) in [5.41, 5.74) is 2.60. The maximum atomic E-state index is 12.5. The molecular weight excluding hydrogens is 390 g/mol. The molecule has 5 rings (SSSR count). The molecule has 8 nitrogen and oxygen atoms in total. The first kappa shape index (κ1) is 19.0. The van der Waals surface area contributed by atoms with E-state index in [1.54, 1.807) is 12.4 Å². The van der Waals surface area contributed by atoms with Gasteiger partial charge in [0, 0.05) is 49.5 Å². The molecule has 156 valence electrons. The third-order valence-corrected chi connectivity index (χ3v) is 5.48. The van der Waals surface area contributed by atoms with Crippen LogP contribution in [0.2, 0.25) is 0 Å². The minimum absolute atomic E-state index is 0.0925. The fourth-order valence-corrected chi connectivity index (χ4v) is 3.88. The molecule has 2 N–H and O–H groups in total. The van der Waals surface area contributed by atoms with E-state index in [-0.39, 0.29) is 5.91 Å². The van der Waals surface area contributed by atoms with Crippen LogP contribution in [-0.4, -0.2) is 52.0 Å². The fourth-order valence-electron chi connectivity index (χ4n) is 3.88. The number of hydrogen-bond acceptors (Lipinski definition) is 6. The Labute approximate surface area is 180 Å². The van der Waals surface area contributed by atoms with E-state index in [1.165, 1.54) is 0 Å². The van der Waals surface area contributed by atoms with Crippen LogP contribution in [0, 0.1) is 0 Å². The van der Waals surface area contributed by atoms with Crippen molar-refractivity contribution in [1.29, 1.82) is 0 Å². The Hall–Kier alpha value is -3.94. The third kappa shape index (κ3) is 4.18. The van der Waals surface area contributed by atoms with Crippen molar-refractivity contribution in [2.24, 2.45) is 0 Å². The summed E-state index contributed by atoms with van der Waals surface area (Å²) in [6.45, 7) is 3.37. The molecule has 0 spiro atoms. The van der Waals surface area contributed by atoms with Crippen LogP contribution in [0.1, 0.15) is 5.56 Å². The number of nitrogens with zero attached hydrogens (tertiary/aromatic N) is 5. The van der Waals surface area contributed by atoms with Gasteiger partial charge in [-0.25, -0.2) is 15.0 Å². The molecule has 3 aromatic heterocycles. The smallest absolute Gasteiger partial charge is 0.228 e. The lowest BCUT2D eigenvalue weighted by atomic mass is 10.1. The molecule has 0 unspecified atom stereocenters. The van der Waals surface area contributed by atoms with Crippen molar-refractivity contribution in [2.45, 2.75) is 6.42 Å². The Morgan fingerprint density at radius 1 is 0.935 bits per heavy atom. The van der Waals surface area contributed by atoms with Crippen LogP contribution in [0.5, 0.6) is 0 Å². The van der Waals surface area contributed by atoms with Crippen LogP contribution in [0.3, 0.4) is 0 Å². The summed E-state index contributed by atoms with van der Waals surface area (Å²) in [5.74, 6) is 1.58. The number of pyridine rings is 1. The molecule has 4 aromatic rings. The van der Waals surface area contributed by atoms with Crippen molar-refractivity contribution in [3.8, 4) is 0 Å². The molecular formula is C23H23N7O. The maximum Gasteiger partial charge on any atom is 0.228 e. The van der Waals surface area contributed by atoms with E-state index in [2.05, 4.69) is 35.1 Å². The van der Waals surface area contributed by atoms with Crippen LogP contribution < -0.4 is 15.1 Å². The highest BCUT2D eigenvalue weighted by Gasteiger charge is 2.20. The van der Waals surface area contributed by atoms with Crippen LogP contribution in [-0.2, 0) is 11.2 Å². The normalized spacial score (nSPS) is 14.1. The SMILES string of the molecule is O=C(Cc1c[nH]c2ccccc12)Nc1cnc(N2CCN(c3ccccn3)CC2)nc1. The monoisotopic (exact) mass is 413 g/mol. The Morgan fingerprint density at radius 2 is 1.68 bits per heavy atom. The number of piperazine rings is 1. The van der Waals surface area contributed by atoms with Gasteiger partial charge >= 0.3 is 0 Å². The van der Waals surface area contributed by atoms with Crippen molar-refractivity contribution in [3.63, 3.8) is 0 Å². The van der Waals surface area contributed by atoms with Crippen LogP contribution in [0.15, 0.2) is 67.3 Å². The number of carbonyl (C=O) groups is 1. The number of hydrogen-bond donors (Lipinski definition) is 2. The van der Waals surface area contributed by atoms with Gasteiger partial charge in [-0.05, 0) is 23.8 Å². The zero-order chi connectivity index (χ0) is 21.0. The van der Waals surface area contributed by atoms with Crippen molar-refractivity contribution >= 4 is 34.3 Å². The molecule has 0 bridgehead atoms. The molecule has 0 radical (unpaired) electrons. The Kier molecular flexibility index (Phi) is 5.18. The second-order valence-corrected chi connectivity index (χ2v) is 7.52. The van der Waals surface area contributed by atoms with Crippen LogP contribution in [0.4, 0.5) is 17.5 Å². The van der Waals surface area contributed by atoms with Crippen LogP contribution >= 0.6 is 0 Å². The van der Waals surface area contributed by atoms with Gasteiger partial charge in [0.05, 0.1) is 24.5 Å². The second-order valence-electron chi connectivity index (χ2n) is 7.52. The van der Waals surface area contributed by atoms with Gasteiger partial charge in [-0.15, -0.1) is 0 Å². The number of para-hydroxylation sites is 1. The topological polar surface area (TPSA) is 90.0 Å². The van der Waals surface area contributed by atoms with Gasteiger partial charge < -0.3 is 20.1 Å². The van der Waals surface area contributed by atoms with Gasteiger partial charge in [-0.2, -0.15) is 0 Å². The highest BCUT2D eigenvalue weighted by Crippen LogP contribution is 2.19. The maximum absolute atomic E-state index is 12.5. The van der Waals surface area contributed by atoms with Crippen molar-refractivity contribution in [3.05, 3.63) is 72.8 Å². The molecule has 4 heterocycles. The Bertz CT molecular complexity index is 1170. The molecule has 1 saturated heterocycles. The van der Waals surface area contributed by atoms with E-state index in [4.69, 9.17) is 0 Å². The van der Waals surface area contributed by atoms with E-state index in [0.717, 1.165) is 48.5 Å². The number of nitrogens with one attached hydrogen (secondary N) is 2. The summed E-state index contributed by atoms with van der Waals surface area (Å²) in [4.78, 5) is 33.4. The highest BCUT2D eigenvalue weighted by atomic mass is 16.1. The van der Waals surface area contributed by atoms with E-state index in [1.807, 2.05) is 54.9 Å². The van der Waals surface area contributed by atoms with E-state index in [9.17, 15) is 4.79 Å². The molecule has 1 aliphatic rings. The number of fused-ring (bicyclic) bond motifs is 1. The van der Waals surface area contributed by atoms with Crippen molar-refractivity contribution in [2.75, 3.05) is 41.3 Å². The lowest BCUT2D eigenvalue weighted by molar-refractivity contribution is -0.115. The number of aromatic nitrogens is 4. The standard InChI is InChI=1S/C23H23N7O/c31-22(13-17-14-25-20-6-2-1-5-19(17)20)28-18-15-26-23(27-16-18)30-11-9-29(10-12-30)21-7-3-4-8-24-21/h1-8,14-16,25H,9-13H2,(H,28,31). The molecule has 1 amide bonds. The quantitative estimate of drug-likeness (QED) is 0.523. The first-order valence-electron chi connectivity index (χ1n) is 10.3. The molecule has 1 aliphatic heterocycles. The number of H-pyrrole nitrogens is 1. The van der Waals surface area contributed by atoms with E-state index >= 15 is 0 Å². The molecule has 8 heteroatoms. The fraction of sp³-hybridized carbons (Fsp3) is 0.217. The molecule has 1 fully saturated rings. The summed E-state index contributed by atoms with van der Waals surface area (Å²) in [5, 5.41) is 3.95. The second kappa shape index (κ2) is 8.43. The summed E-state index contributed by atoms with van der Waals surface area (Å²) < 4.78 is 0. The summed E-state index contributed by atoms with van der Waals surface area (Å²) >= 11 is 0. The zero-order valence-corrected chi connectivity index (χ0v) is 17.0. The van der Waals surface area contributed by atoms with Gasteiger partial charge in [0.15, 0.2) is 0 Å². The summed E-state index contributed by atoms with van der Waals surface area (Å²) in [6.07, 6.45) is 7.33. The minimum Gasteiger partial charge on any atom is -0.361 e. The number of carbonyl (C=O) groups excluding carboxylic acids is 1. The van der Waals surface area contributed by atoms with Crippen molar-refractivity contribution < 1.29 is 4.79 Å². The molecule has 0 aliphatic carbocycles. The molecule has 0 atom stereocenters. The Morgan fingerprint density at radius 3 is 2.45 bits per heavy atom. The minimum atomic E-state index is -0.0925. The van der Waals surface area contributed by atoms with Crippen LogP contribution in [0.25, 0.3) is 10.9 Å². The van der Waals surface area contributed by atoms with Crippen molar-refractivity contribution in [1.82, 2.24) is 19.9 Å². The van der Waals surface area contributed by atoms with Gasteiger partial charge in [-0.1, -0.05) is 24.3 Å². The van der Waals surface area contributed by atoms with E-state index < -0.39 is 0 Å². The van der Waals surface area contributed by atoms with Gasteiger partial charge in [0.1, 0.15) is 5.82 Å². The average molecular weight is 413 g/mol. The zero-order valence-electron chi connectivity index (χ0n) is 17.0. The number of aromatic amines is 1. The third-order valence-electron chi connectivity index (χ3n) is 5.48. The first-order chi connectivity index (χ1) is 15.3. The molecule has 0 saturated carbocycles. The highest BCUT2D eigenvalue weighted by molar-refractivity contribution is 5.95. The molecule has 1 aromatic carbocycles. The molecule has 31 heavy (non-hydrogen) atoms. The number of benzene rings is 1. The lowest BCUT2D eigenvalue weighted by Crippen LogP contribution is -2.47. The largest absolute Gasteiger partial charge is 0.361 e. The number of amides is 1. The predicted molar refractivity (Wildman–Crippen MR) is 121 cm³/mol. The number of rotatable bonds is 5. The van der Waals surface area contributed by atoms with Gasteiger partial charge in [0.2, 0.25) is 11.9 Å². The lowest BCUT2D eigenvalue weighted by Gasteiger charge is -2.35. The first-order valence-corrected chi connectivity index (χ1v) is 10.3. The summed E-state index contributed by atoms with van der Waals surface area (Å²) in [6, 6.07) is 13.9. The van der Waals surface area contributed by atoms with E-state index in [0.29, 0.717) is 18.1 Å². The predicted octanol–water partition coefficient (Wildman–Crippen LogP) is 2.86. The van der Waals surface area contributed by atoms with Gasteiger partial charge in [-0.3, -0.25) is 4.79 Å². The van der Waals surface area contributed by atoms with Gasteiger partial charge in [0.25, 0.3) is 0 Å². The number of anilines is 3. The Balaban J connectivity index is 1.17. The average Bonchev–Trinajstić information content (AvgIpc) is 3.23. The summed E-state index contributed by atoms with van der Waals surface area (Å²) in [7, 11) is 0.